The Bertz CT molecular complexity index is 560. The van der Waals surface area contributed by atoms with Crippen molar-refractivity contribution in [3.05, 3.63) is 28.3 Å². The smallest absolute Gasteiger partial charge is 0.169 e. The first-order valence-electron chi connectivity index (χ1n) is 7.05. The van der Waals surface area contributed by atoms with Crippen LogP contribution in [-0.2, 0) is 12.8 Å². The maximum absolute atomic E-state index is 12.0. The molecule has 2 rings (SSSR count). The number of carbonyl (C=O) groups excluding carboxylic acids is 2. The average molecular weight is 276 g/mol. The van der Waals surface area contributed by atoms with E-state index in [9.17, 15) is 19.8 Å². The molecule has 1 aromatic carbocycles. The zero-order valence-electron chi connectivity index (χ0n) is 11.9. The van der Waals surface area contributed by atoms with Crippen molar-refractivity contribution in [1.82, 2.24) is 0 Å². The first-order valence-corrected chi connectivity index (χ1v) is 7.05. The number of carbonyl (C=O) groups is 2. The van der Waals surface area contributed by atoms with Gasteiger partial charge in [0.1, 0.15) is 5.75 Å². The highest BCUT2D eigenvalue weighted by Gasteiger charge is 2.31. The Morgan fingerprint density at radius 1 is 1.40 bits per heavy atom. The summed E-state index contributed by atoms with van der Waals surface area (Å²) in [6, 6.07) is 1.54. The van der Waals surface area contributed by atoms with Crippen LogP contribution < -0.4 is 0 Å². The van der Waals surface area contributed by atoms with E-state index in [1.54, 1.807) is 6.07 Å². The van der Waals surface area contributed by atoms with E-state index in [0.29, 0.717) is 17.5 Å². The quantitative estimate of drug-likeness (QED) is 0.828. The number of aryl methyl sites for hydroxylation is 1. The highest BCUT2D eigenvalue weighted by Crippen LogP contribution is 2.35. The Morgan fingerprint density at radius 3 is 2.70 bits per heavy atom. The summed E-state index contributed by atoms with van der Waals surface area (Å²) < 4.78 is 0. The number of rotatable bonds is 4. The number of hydrogen-bond donors (Lipinski definition) is 2. The molecule has 2 N–H and O–H groups in total. The fraction of sp³-hybridized carbons (Fsp3) is 0.500. The molecule has 0 saturated heterocycles. The Labute approximate surface area is 118 Å². The normalized spacial score (nSPS) is 17.9. The van der Waals surface area contributed by atoms with Gasteiger partial charge in [0, 0.05) is 18.4 Å². The standard InChI is InChI=1S/C16H20O4/c1-3-4-5-10-6-13(19)16-12(15(10)9(2)17)7-11(18)8-14(16)20/h6,11,18-19H,3-5,7-8H2,1-2H3/t11-/m1/s1. The number of phenols is 1. The first kappa shape index (κ1) is 14.7. The van der Waals surface area contributed by atoms with Crippen LogP contribution in [0.15, 0.2) is 6.07 Å². The molecule has 0 unspecified atom stereocenters. The number of benzene rings is 1. The predicted molar refractivity (Wildman–Crippen MR) is 75.4 cm³/mol. The van der Waals surface area contributed by atoms with Gasteiger partial charge in [-0.25, -0.2) is 0 Å². The number of phenolic OH excluding ortho intramolecular Hbond substituents is 1. The van der Waals surface area contributed by atoms with Crippen LogP contribution in [0.25, 0.3) is 0 Å². The predicted octanol–water partition coefficient (Wildman–Crippen LogP) is 2.43. The Kier molecular flexibility index (Phi) is 4.23. The van der Waals surface area contributed by atoms with E-state index in [1.807, 2.05) is 0 Å². The molecule has 108 valence electrons. The van der Waals surface area contributed by atoms with Crippen LogP contribution in [0, 0.1) is 0 Å². The summed E-state index contributed by atoms with van der Waals surface area (Å²) in [6.45, 7) is 3.52. The topological polar surface area (TPSA) is 74.6 Å². The lowest BCUT2D eigenvalue weighted by Crippen LogP contribution is -2.26. The Morgan fingerprint density at radius 2 is 2.10 bits per heavy atom. The highest BCUT2D eigenvalue weighted by atomic mass is 16.3. The second-order valence-electron chi connectivity index (χ2n) is 5.43. The number of fused-ring (bicyclic) bond motifs is 1. The molecule has 0 radical (unpaired) electrons. The van der Waals surface area contributed by atoms with E-state index in [1.165, 1.54) is 6.92 Å². The van der Waals surface area contributed by atoms with Crippen LogP contribution in [0.2, 0.25) is 0 Å². The first-order chi connectivity index (χ1) is 9.45. The molecule has 0 spiro atoms. The lowest BCUT2D eigenvalue weighted by Gasteiger charge is -2.24. The van der Waals surface area contributed by atoms with Gasteiger partial charge in [0.2, 0.25) is 0 Å². The maximum atomic E-state index is 12.0. The number of ketones is 2. The van der Waals surface area contributed by atoms with Gasteiger partial charge in [0.25, 0.3) is 0 Å². The molecule has 1 aliphatic carbocycles. The minimum Gasteiger partial charge on any atom is -0.507 e. The third kappa shape index (κ3) is 2.61. The number of aromatic hydroxyl groups is 1. The Balaban J connectivity index is 2.63. The summed E-state index contributed by atoms with van der Waals surface area (Å²) >= 11 is 0. The molecule has 0 aromatic heterocycles. The van der Waals surface area contributed by atoms with Gasteiger partial charge in [-0.2, -0.15) is 0 Å². The Hall–Kier alpha value is -1.68. The lowest BCUT2D eigenvalue weighted by atomic mass is 9.81. The van der Waals surface area contributed by atoms with Crippen molar-refractivity contribution >= 4 is 11.6 Å². The maximum Gasteiger partial charge on any atom is 0.169 e. The molecule has 1 atom stereocenters. The second-order valence-corrected chi connectivity index (χ2v) is 5.43. The van der Waals surface area contributed by atoms with Crippen LogP contribution in [-0.4, -0.2) is 27.9 Å². The summed E-state index contributed by atoms with van der Waals surface area (Å²) in [4.78, 5) is 23.9. The zero-order valence-corrected chi connectivity index (χ0v) is 11.9. The SMILES string of the molecule is CCCCc1cc(O)c2c(c1C(C)=O)C[C@@H](O)CC2=O. The van der Waals surface area contributed by atoms with E-state index in [2.05, 4.69) is 6.92 Å². The minimum atomic E-state index is -0.770. The molecule has 4 nitrogen and oxygen atoms in total. The van der Waals surface area contributed by atoms with E-state index in [0.717, 1.165) is 18.4 Å². The molecule has 0 heterocycles. The monoisotopic (exact) mass is 276 g/mol. The molecule has 1 aromatic rings. The molecule has 0 bridgehead atoms. The summed E-state index contributed by atoms with van der Waals surface area (Å²) in [5, 5.41) is 19.9. The third-order valence-electron chi connectivity index (χ3n) is 3.78. The molecule has 1 aliphatic rings. The molecule has 20 heavy (non-hydrogen) atoms. The van der Waals surface area contributed by atoms with Gasteiger partial charge in [-0.05, 0) is 37.0 Å². The van der Waals surface area contributed by atoms with Crippen LogP contribution in [0.5, 0.6) is 5.75 Å². The highest BCUT2D eigenvalue weighted by molar-refractivity contribution is 6.06. The number of Topliss-reactive ketones (excluding diaryl/α,β-unsaturated/α-hetero) is 2. The van der Waals surface area contributed by atoms with Gasteiger partial charge in [-0.15, -0.1) is 0 Å². The second kappa shape index (κ2) is 5.75. The van der Waals surface area contributed by atoms with E-state index >= 15 is 0 Å². The van der Waals surface area contributed by atoms with Crippen molar-refractivity contribution in [3.8, 4) is 5.75 Å². The van der Waals surface area contributed by atoms with Crippen LogP contribution >= 0.6 is 0 Å². The number of aliphatic hydroxyl groups is 1. The van der Waals surface area contributed by atoms with Crippen molar-refractivity contribution in [1.29, 1.82) is 0 Å². The molecule has 0 fully saturated rings. The summed E-state index contributed by atoms with van der Waals surface area (Å²) in [5.41, 5.74) is 2.03. The fourth-order valence-electron chi connectivity index (χ4n) is 2.92. The van der Waals surface area contributed by atoms with Crippen molar-refractivity contribution in [2.75, 3.05) is 0 Å². The van der Waals surface area contributed by atoms with Gasteiger partial charge in [0.05, 0.1) is 11.7 Å². The van der Waals surface area contributed by atoms with Crippen molar-refractivity contribution in [2.24, 2.45) is 0 Å². The van der Waals surface area contributed by atoms with E-state index in [-0.39, 0.29) is 35.7 Å². The molecule has 0 saturated carbocycles. The van der Waals surface area contributed by atoms with Crippen LogP contribution in [0.4, 0.5) is 0 Å². The van der Waals surface area contributed by atoms with Crippen LogP contribution in [0.3, 0.4) is 0 Å². The van der Waals surface area contributed by atoms with Gasteiger partial charge < -0.3 is 10.2 Å². The van der Waals surface area contributed by atoms with Crippen LogP contribution in [0.1, 0.15) is 65.0 Å². The van der Waals surface area contributed by atoms with Crippen molar-refractivity contribution < 1.29 is 19.8 Å². The van der Waals surface area contributed by atoms with E-state index in [4.69, 9.17) is 0 Å². The lowest BCUT2D eigenvalue weighted by molar-refractivity contribution is 0.0849. The molecule has 4 heteroatoms. The van der Waals surface area contributed by atoms with Gasteiger partial charge in [-0.3, -0.25) is 9.59 Å². The van der Waals surface area contributed by atoms with Gasteiger partial charge in [0.15, 0.2) is 11.6 Å². The molecular weight excluding hydrogens is 256 g/mol. The fourth-order valence-corrected chi connectivity index (χ4v) is 2.92. The van der Waals surface area contributed by atoms with Crippen molar-refractivity contribution in [2.45, 2.75) is 52.1 Å². The summed E-state index contributed by atoms with van der Waals surface area (Å²) in [7, 11) is 0. The zero-order chi connectivity index (χ0) is 14.9. The number of unbranched alkanes of at least 4 members (excludes halogenated alkanes) is 1. The third-order valence-corrected chi connectivity index (χ3v) is 3.78. The molecule has 0 aliphatic heterocycles. The van der Waals surface area contributed by atoms with Crippen molar-refractivity contribution in [3.63, 3.8) is 0 Å². The summed E-state index contributed by atoms with van der Waals surface area (Å²) in [5.74, 6) is -0.469. The van der Waals surface area contributed by atoms with Gasteiger partial charge in [-0.1, -0.05) is 13.3 Å². The minimum absolute atomic E-state index is 0.00616. The van der Waals surface area contributed by atoms with Gasteiger partial charge >= 0.3 is 0 Å². The number of aliphatic hydroxyl groups excluding tert-OH is 1. The average Bonchev–Trinajstić information content (AvgIpc) is 2.34. The largest absolute Gasteiger partial charge is 0.507 e. The van der Waals surface area contributed by atoms with E-state index < -0.39 is 6.10 Å². The number of hydrogen-bond acceptors (Lipinski definition) is 4. The molecular formula is C16H20O4. The summed E-state index contributed by atoms with van der Waals surface area (Å²) in [6.07, 6.45) is 2.08. The molecule has 0 amide bonds.